The largest absolute Gasteiger partial charge is 0.508 e. The first-order chi connectivity index (χ1) is 18.2. The van der Waals surface area contributed by atoms with E-state index in [0.29, 0.717) is 22.6 Å². The van der Waals surface area contributed by atoms with Crippen molar-refractivity contribution in [3.8, 4) is 17.6 Å². The van der Waals surface area contributed by atoms with Crippen LogP contribution in [0.2, 0.25) is 0 Å². The minimum atomic E-state index is -1.24. The summed E-state index contributed by atoms with van der Waals surface area (Å²) in [6.07, 6.45) is -0.528. The molecular formula is C29H38N4O6. The maximum atomic E-state index is 13.9. The number of amides is 3. The number of nitriles is 1. The fourth-order valence-electron chi connectivity index (χ4n) is 3.92. The number of methoxy groups -OCH3 is 1. The molecule has 0 saturated carbocycles. The lowest BCUT2D eigenvalue weighted by Gasteiger charge is -2.33. The van der Waals surface area contributed by atoms with E-state index in [1.807, 2.05) is 19.9 Å². The van der Waals surface area contributed by atoms with Crippen molar-refractivity contribution in [2.75, 3.05) is 19.0 Å². The summed E-state index contributed by atoms with van der Waals surface area (Å²) in [6.45, 7) is 10.1. The van der Waals surface area contributed by atoms with Crippen LogP contribution in [-0.2, 0) is 14.3 Å². The lowest BCUT2D eigenvalue weighted by atomic mass is 9.98. The first kappa shape index (κ1) is 31.0. The maximum Gasteiger partial charge on any atom is 0.408 e. The molecular weight excluding hydrogens is 500 g/mol. The molecule has 2 rings (SSSR count). The summed E-state index contributed by atoms with van der Waals surface area (Å²) in [4.78, 5) is 41.4. The number of hydrogen-bond acceptors (Lipinski definition) is 7. The highest BCUT2D eigenvalue weighted by Gasteiger charge is 2.37. The fraction of sp³-hybridized carbons (Fsp3) is 0.448. The van der Waals surface area contributed by atoms with Gasteiger partial charge in [0.25, 0.3) is 5.91 Å². The van der Waals surface area contributed by atoms with Crippen molar-refractivity contribution in [1.82, 2.24) is 10.2 Å². The number of aromatic hydroxyl groups is 1. The van der Waals surface area contributed by atoms with Crippen molar-refractivity contribution in [1.29, 1.82) is 5.26 Å². The minimum absolute atomic E-state index is 0.000292. The molecule has 0 aliphatic carbocycles. The predicted octanol–water partition coefficient (Wildman–Crippen LogP) is 4.68. The number of nitrogens with zero attached hydrogens (tertiary/aromatic N) is 2. The third-order valence-electron chi connectivity index (χ3n) is 5.67. The Morgan fingerprint density at radius 2 is 1.74 bits per heavy atom. The summed E-state index contributed by atoms with van der Waals surface area (Å²) in [5.41, 5.74) is 0.549. The van der Waals surface area contributed by atoms with Gasteiger partial charge in [0, 0.05) is 5.69 Å². The SMILES string of the molecule is COc1ccc(NC(=O)C(c2ccc(O)c(C)c2)N(CC#N)C(=O)C(CC(C)C)NC(=O)OC(C)(C)C)cc1. The third-order valence-corrected chi connectivity index (χ3v) is 5.67. The first-order valence-corrected chi connectivity index (χ1v) is 12.7. The standard InChI is InChI=1S/C29H38N4O6/c1-18(2)16-23(32-28(37)39-29(4,5)6)27(36)33(15-14-30)25(20-8-13-24(34)19(3)17-20)26(35)31-21-9-11-22(38-7)12-10-21/h8-13,17-18,23,25,34H,15-16H2,1-7H3,(H,31,35)(H,32,37). The van der Waals surface area contributed by atoms with Crippen molar-refractivity contribution >= 4 is 23.6 Å². The molecule has 2 aromatic rings. The van der Waals surface area contributed by atoms with Gasteiger partial charge in [-0.15, -0.1) is 0 Å². The maximum absolute atomic E-state index is 13.9. The van der Waals surface area contributed by atoms with E-state index in [0.717, 1.165) is 4.90 Å². The van der Waals surface area contributed by atoms with Gasteiger partial charge >= 0.3 is 6.09 Å². The van der Waals surface area contributed by atoms with Gasteiger partial charge in [-0.1, -0.05) is 19.9 Å². The van der Waals surface area contributed by atoms with Gasteiger partial charge in [-0.05, 0) is 87.6 Å². The second kappa shape index (κ2) is 13.5. The van der Waals surface area contributed by atoms with Crippen LogP contribution in [0.25, 0.3) is 0 Å². The van der Waals surface area contributed by atoms with Crippen molar-refractivity contribution in [3.05, 3.63) is 53.6 Å². The molecule has 3 N–H and O–H groups in total. The zero-order valence-electron chi connectivity index (χ0n) is 23.6. The van der Waals surface area contributed by atoms with E-state index in [2.05, 4.69) is 10.6 Å². The Kier molecular flexibility index (Phi) is 10.7. The highest BCUT2D eigenvalue weighted by molar-refractivity contribution is 5.99. The van der Waals surface area contributed by atoms with Crippen LogP contribution < -0.4 is 15.4 Å². The normalized spacial score (nSPS) is 12.6. The Hall–Kier alpha value is -4.26. The Morgan fingerprint density at radius 1 is 1.10 bits per heavy atom. The number of rotatable bonds is 10. The summed E-state index contributed by atoms with van der Waals surface area (Å²) in [5, 5.41) is 25.2. The van der Waals surface area contributed by atoms with Gasteiger partial charge in [-0.2, -0.15) is 5.26 Å². The van der Waals surface area contributed by atoms with E-state index in [1.54, 1.807) is 58.0 Å². The molecule has 210 valence electrons. The summed E-state index contributed by atoms with van der Waals surface area (Å²) in [5.74, 6) is -0.563. The smallest absolute Gasteiger partial charge is 0.408 e. The molecule has 2 unspecified atom stereocenters. The highest BCUT2D eigenvalue weighted by Crippen LogP contribution is 2.29. The van der Waals surface area contributed by atoms with E-state index >= 15 is 0 Å². The molecule has 10 nitrogen and oxygen atoms in total. The van der Waals surface area contributed by atoms with E-state index < -0.39 is 42.1 Å². The van der Waals surface area contributed by atoms with Crippen molar-refractivity contribution < 1.29 is 29.0 Å². The Bertz CT molecular complexity index is 1200. The Labute approximate surface area is 229 Å². The third kappa shape index (κ3) is 9.21. The number of anilines is 1. The average Bonchev–Trinajstić information content (AvgIpc) is 2.84. The second-order valence-corrected chi connectivity index (χ2v) is 10.6. The van der Waals surface area contributed by atoms with E-state index in [-0.39, 0.29) is 18.1 Å². The van der Waals surface area contributed by atoms with Gasteiger partial charge in [0.05, 0.1) is 13.2 Å². The number of carbonyl (C=O) groups excluding carboxylic acids is 3. The predicted molar refractivity (Wildman–Crippen MR) is 147 cm³/mol. The molecule has 39 heavy (non-hydrogen) atoms. The number of alkyl carbamates (subject to hydrolysis) is 1. The first-order valence-electron chi connectivity index (χ1n) is 12.7. The molecule has 3 amide bonds. The lowest BCUT2D eigenvalue weighted by Crippen LogP contribution is -2.53. The minimum Gasteiger partial charge on any atom is -0.508 e. The van der Waals surface area contributed by atoms with E-state index in [9.17, 15) is 24.8 Å². The summed E-state index contributed by atoms with van der Waals surface area (Å²) in [6, 6.07) is 10.9. The molecule has 0 saturated heterocycles. The number of nitrogens with one attached hydrogen (secondary N) is 2. The van der Waals surface area contributed by atoms with Crippen molar-refractivity contribution in [2.45, 2.75) is 65.6 Å². The number of phenolic OH excluding ortho intramolecular Hbond substituents is 1. The van der Waals surface area contributed by atoms with Crippen LogP contribution in [0.4, 0.5) is 10.5 Å². The number of aryl methyl sites for hydroxylation is 1. The van der Waals surface area contributed by atoms with Gasteiger partial charge in [-0.3, -0.25) is 9.59 Å². The highest BCUT2D eigenvalue weighted by atomic mass is 16.6. The van der Waals surface area contributed by atoms with Gasteiger partial charge < -0.3 is 30.1 Å². The second-order valence-electron chi connectivity index (χ2n) is 10.6. The zero-order valence-corrected chi connectivity index (χ0v) is 23.6. The number of benzene rings is 2. The lowest BCUT2D eigenvalue weighted by molar-refractivity contribution is -0.140. The van der Waals surface area contributed by atoms with Crippen LogP contribution in [0, 0.1) is 24.2 Å². The molecule has 10 heteroatoms. The molecule has 0 heterocycles. The van der Waals surface area contributed by atoms with Crippen LogP contribution in [-0.4, -0.2) is 53.2 Å². The van der Waals surface area contributed by atoms with Crippen LogP contribution in [0.5, 0.6) is 11.5 Å². The molecule has 0 fully saturated rings. The number of hydrogen-bond donors (Lipinski definition) is 3. The summed E-state index contributed by atoms with van der Waals surface area (Å²) >= 11 is 0. The molecule has 0 aromatic heterocycles. The molecule has 0 bridgehead atoms. The molecule has 0 radical (unpaired) electrons. The van der Waals surface area contributed by atoms with Gasteiger partial charge in [0.2, 0.25) is 5.91 Å². The number of ether oxygens (including phenoxy) is 2. The van der Waals surface area contributed by atoms with Gasteiger partial charge in [0.1, 0.15) is 35.7 Å². The summed E-state index contributed by atoms with van der Waals surface area (Å²) in [7, 11) is 1.53. The van der Waals surface area contributed by atoms with Crippen LogP contribution in [0.3, 0.4) is 0 Å². The molecule has 2 aromatic carbocycles. The zero-order chi connectivity index (χ0) is 29.3. The van der Waals surface area contributed by atoms with Crippen LogP contribution in [0.1, 0.15) is 58.2 Å². The van der Waals surface area contributed by atoms with Crippen LogP contribution >= 0.6 is 0 Å². The molecule has 0 aliphatic heterocycles. The fourth-order valence-corrected chi connectivity index (χ4v) is 3.92. The average molecular weight is 539 g/mol. The monoisotopic (exact) mass is 538 g/mol. The number of carbonyl (C=O) groups is 3. The quantitative estimate of drug-likeness (QED) is 0.373. The van der Waals surface area contributed by atoms with Crippen LogP contribution in [0.15, 0.2) is 42.5 Å². The summed E-state index contributed by atoms with van der Waals surface area (Å²) < 4.78 is 10.5. The Morgan fingerprint density at radius 3 is 2.26 bits per heavy atom. The topological polar surface area (TPSA) is 141 Å². The van der Waals surface area contributed by atoms with E-state index in [4.69, 9.17) is 9.47 Å². The van der Waals surface area contributed by atoms with E-state index in [1.165, 1.54) is 19.2 Å². The molecule has 2 atom stereocenters. The Balaban J connectivity index is 2.53. The number of phenols is 1. The molecule has 0 spiro atoms. The van der Waals surface area contributed by atoms with Crippen molar-refractivity contribution in [3.63, 3.8) is 0 Å². The van der Waals surface area contributed by atoms with Gasteiger partial charge in [-0.25, -0.2) is 4.79 Å². The van der Waals surface area contributed by atoms with Gasteiger partial charge in [0.15, 0.2) is 0 Å². The molecule has 0 aliphatic rings. The van der Waals surface area contributed by atoms with Crippen molar-refractivity contribution in [2.24, 2.45) is 5.92 Å².